The second kappa shape index (κ2) is 9.60. The van der Waals surface area contributed by atoms with Crippen LogP contribution in [0.25, 0.3) is 6.08 Å². The van der Waals surface area contributed by atoms with Crippen LogP contribution in [0.4, 0.5) is 5.69 Å². The molecule has 28 heavy (non-hydrogen) atoms. The van der Waals surface area contributed by atoms with Crippen molar-refractivity contribution in [2.75, 3.05) is 0 Å². The van der Waals surface area contributed by atoms with E-state index in [0.717, 1.165) is 18.4 Å². The van der Waals surface area contributed by atoms with Crippen LogP contribution in [-0.4, -0.2) is 23.1 Å². The lowest BCUT2D eigenvalue weighted by atomic mass is 9.96. The summed E-state index contributed by atoms with van der Waals surface area (Å²) in [5, 5.41) is 10.6. The highest BCUT2D eigenvalue weighted by Gasteiger charge is 2.10. The van der Waals surface area contributed by atoms with Gasteiger partial charge in [-0.3, -0.25) is 15.1 Å². The molecular weight excluding hydrogens is 356 g/mol. The van der Waals surface area contributed by atoms with Crippen molar-refractivity contribution in [1.82, 2.24) is 0 Å². The van der Waals surface area contributed by atoms with E-state index < -0.39 is 10.9 Å². The monoisotopic (exact) mass is 378 g/mol. The van der Waals surface area contributed by atoms with Gasteiger partial charge in [0.25, 0.3) is 5.69 Å². The third kappa shape index (κ3) is 5.87. The summed E-state index contributed by atoms with van der Waals surface area (Å²) in [6.07, 6.45) is 10.9. The minimum absolute atomic E-state index is 0.00634. The summed E-state index contributed by atoms with van der Waals surface area (Å²) in [6, 6.07) is 13.6. The van der Waals surface area contributed by atoms with E-state index in [-0.39, 0.29) is 5.69 Å². The average Bonchev–Trinajstić information content (AvgIpc) is 2.73. The zero-order valence-electron chi connectivity index (χ0n) is 15.5. The zero-order chi connectivity index (χ0) is 19.8. The predicted octanol–water partition coefficient (Wildman–Crippen LogP) is 4.97. The standard InChI is InChI=1S/C22H22N2O4/c25-22(15-10-17-6-11-20(12-7-17)24(26)27)28-21-13-8-18(9-14-21)16-23-19-4-2-1-3-5-19/h6-16,19H,1-5H2. The van der Waals surface area contributed by atoms with Gasteiger partial charge in [-0.15, -0.1) is 0 Å². The topological polar surface area (TPSA) is 81.8 Å². The number of benzene rings is 2. The molecule has 1 fully saturated rings. The van der Waals surface area contributed by atoms with Crippen molar-refractivity contribution in [1.29, 1.82) is 0 Å². The fourth-order valence-electron chi connectivity index (χ4n) is 3.07. The first-order valence-electron chi connectivity index (χ1n) is 9.38. The summed E-state index contributed by atoms with van der Waals surface area (Å²) in [4.78, 5) is 26.7. The number of carbonyl (C=O) groups is 1. The van der Waals surface area contributed by atoms with Crippen LogP contribution in [0.1, 0.15) is 43.2 Å². The summed E-state index contributed by atoms with van der Waals surface area (Å²) in [5.74, 6) is -0.0601. The molecule has 0 N–H and O–H groups in total. The molecule has 0 aliphatic heterocycles. The first-order chi connectivity index (χ1) is 13.6. The molecule has 0 amide bonds. The molecule has 0 unspecified atom stereocenters. The molecule has 0 radical (unpaired) electrons. The largest absolute Gasteiger partial charge is 0.423 e. The molecule has 0 spiro atoms. The maximum absolute atomic E-state index is 11.9. The van der Waals surface area contributed by atoms with Crippen molar-refractivity contribution < 1.29 is 14.5 Å². The van der Waals surface area contributed by atoms with Gasteiger partial charge in [0, 0.05) is 30.5 Å². The van der Waals surface area contributed by atoms with E-state index in [2.05, 4.69) is 4.99 Å². The second-order valence-electron chi connectivity index (χ2n) is 6.74. The van der Waals surface area contributed by atoms with Gasteiger partial charge in [0.1, 0.15) is 5.75 Å². The molecule has 0 atom stereocenters. The van der Waals surface area contributed by atoms with Crippen molar-refractivity contribution in [2.24, 2.45) is 4.99 Å². The Morgan fingerprint density at radius 3 is 2.29 bits per heavy atom. The van der Waals surface area contributed by atoms with E-state index >= 15 is 0 Å². The lowest BCUT2D eigenvalue weighted by molar-refractivity contribution is -0.384. The fourth-order valence-corrected chi connectivity index (χ4v) is 3.07. The number of rotatable bonds is 6. The molecule has 1 aliphatic rings. The Morgan fingerprint density at radius 1 is 1.00 bits per heavy atom. The van der Waals surface area contributed by atoms with Crippen LogP contribution < -0.4 is 4.74 Å². The minimum Gasteiger partial charge on any atom is -0.423 e. The van der Waals surface area contributed by atoms with E-state index in [1.807, 2.05) is 18.3 Å². The molecule has 0 saturated heterocycles. The van der Waals surface area contributed by atoms with E-state index in [9.17, 15) is 14.9 Å². The number of ether oxygens (including phenoxy) is 1. The number of nitro benzene ring substituents is 1. The van der Waals surface area contributed by atoms with Crippen molar-refractivity contribution in [3.8, 4) is 5.75 Å². The van der Waals surface area contributed by atoms with Gasteiger partial charge >= 0.3 is 5.97 Å². The molecule has 0 aromatic heterocycles. The molecule has 6 nitrogen and oxygen atoms in total. The van der Waals surface area contributed by atoms with E-state index in [0.29, 0.717) is 17.4 Å². The summed E-state index contributed by atoms with van der Waals surface area (Å²) in [6.45, 7) is 0. The molecule has 144 valence electrons. The normalized spacial score (nSPS) is 15.1. The van der Waals surface area contributed by atoms with Crippen LogP contribution in [0.15, 0.2) is 59.6 Å². The van der Waals surface area contributed by atoms with E-state index in [4.69, 9.17) is 4.74 Å². The maximum Gasteiger partial charge on any atom is 0.336 e. The van der Waals surface area contributed by atoms with Crippen LogP contribution in [0.5, 0.6) is 5.75 Å². The van der Waals surface area contributed by atoms with Crippen LogP contribution >= 0.6 is 0 Å². The van der Waals surface area contributed by atoms with Gasteiger partial charge in [0.2, 0.25) is 0 Å². The Morgan fingerprint density at radius 2 is 1.64 bits per heavy atom. The number of hydrogen-bond donors (Lipinski definition) is 0. The molecule has 1 aliphatic carbocycles. The first-order valence-corrected chi connectivity index (χ1v) is 9.38. The van der Waals surface area contributed by atoms with Crippen molar-refractivity contribution in [2.45, 2.75) is 38.1 Å². The Labute approximate surface area is 163 Å². The molecule has 1 saturated carbocycles. The molecule has 6 heteroatoms. The summed E-state index contributed by atoms with van der Waals surface area (Å²) in [7, 11) is 0. The molecule has 0 heterocycles. The van der Waals surface area contributed by atoms with Gasteiger partial charge in [-0.05, 0) is 66.4 Å². The number of nitro groups is 1. The van der Waals surface area contributed by atoms with Gasteiger partial charge in [-0.25, -0.2) is 4.79 Å². The Bertz CT molecular complexity index is 864. The lowest BCUT2D eigenvalue weighted by Gasteiger charge is -2.17. The van der Waals surface area contributed by atoms with Crippen LogP contribution in [0, 0.1) is 10.1 Å². The zero-order valence-corrected chi connectivity index (χ0v) is 15.5. The fraction of sp³-hybridized carbons (Fsp3) is 0.273. The van der Waals surface area contributed by atoms with Crippen LogP contribution in [0.2, 0.25) is 0 Å². The summed E-state index contributed by atoms with van der Waals surface area (Å²) >= 11 is 0. The van der Waals surface area contributed by atoms with Crippen LogP contribution in [0.3, 0.4) is 0 Å². The second-order valence-corrected chi connectivity index (χ2v) is 6.74. The van der Waals surface area contributed by atoms with Crippen molar-refractivity contribution in [3.63, 3.8) is 0 Å². The maximum atomic E-state index is 11.9. The van der Waals surface area contributed by atoms with Gasteiger partial charge in [-0.1, -0.05) is 19.3 Å². The summed E-state index contributed by atoms with van der Waals surface area (Å²) in [5.41, 5.74) is 1.66. The van der Waals surface area contributed by atoms with Crippen LogP contribution in [-0.2, 0) is 4.79 Å². The number of non-ortho nitro benzene ring substituents is 1. The minimum atomic E-state index is -0.512. The Kier molecular flexibility index (Phi) is 6.68. The molecule has 2 aromatic rings. The van der Waals surface area contributed by atoms with E-state index in [1.54, 1.807) is 30.3 Å². The highest BCUT2D eigenvalue weighted by molar-refractivity contribution is 5.89. The predicted molar refractivity (Wildman–Crippen MR) is 109 cm³/mol. The molecule has 0 bridgehead atoms. The number of nitrogens with zero attached hydrogens (tertiary/aromatic N) is 2. The van der Waals surface area contributed by atoms with Crippen molar-refractivity contribution >= 4 is 23.9 Å². The summed E-state index contributed by atoms with van der Waals surface area (Å²) < 4.78 is 5.27. The number of hydrogen-bond acceptors (Lipinski definition) is 5. The van der Waals surface area contributed by atoms with Gasteiger partial charge < -0.3 is 4.74 Å². The Balaban J connectivity index is 1.52. The highest BCUT2D eigenvalue weighted by atomic mass is 16.6. The first kappa shape index (κ1) is 19.5. The number of carbonyl (C=O) groups excluding carboxylic acids is 1. The van der Waals surface area contributed by atoms with Gasteiger partial charge in [0.05, 0.1) is 4.92 Å². The third-order valence-electron chi connectivity index (χ3n) is 4.62. The third-order valence-corrected chi connectivity index (χ3v) is 4.62. The number of aliphatic imine (C=N–C) groups is 1. The lowest BCUT2D eigenvalue weighted by Crippen LogP contribution is -2.09. The Hall–Kier alpha value is -3.28. The average molecular weight is 378 g/mol. The van der Waals surface area contributed by atoms with Gasteiger partial charge in [0.15, 0.2) is 0 Å². The quantitative estimate of drug-likeness (QED) is 0.178. The number of esters is 1. The van der Waals surface area contributed by atoms with E-state index in [1.165, 1.54) is 37.5 Å². The molecule has 3 rings (SSSR count). The van der Waals surface area contributed by atoms with Gasteiger partial charge in [-0.2, -0.15) is 0 Å². The molecular formula is C22H22N2O4. The SMILES string of the molecule is O=C(C=Cc1ccc([N+](=O)[O-])cc1)Oc1ccc(C=NC2CCCCC2)cc1. The molecule has 2 aromatic carbocycles. The highest BCUT2D eigenvalue weighted by Crippen LogP contribution is 2.20. The smallest absolute Gasteiger partial charge is 0.336 e. The van der Waals surface area contributed by atoms with Crippen molar-refractivity contribution in [3.05, 3.63) is 75.8 Å².